The Kier molecular flexibility index (Phi) is 4.98. The minimum atomic E-state index is -1.48. The minimum Gasteiger partial charge on any atom is -0.423 e. The van der Waals surface area contributed by atoms with E-state index in [-0.39, 0.29) is 6.04 Å². The maximum absolute atomic E-state index is 9.34. The topological polar surface area (TPSA) is 94.4 Å². The summed E-state index contributed by atoms with van der Waals surface area (Å²) in [7, 11) is -1.48. The van der Waals surface area contributed by atoms with Crippen molar-refractivity contribution in [3.8, 4) is 0 Å². The second-order valence-corrected chi connectivity index (χ2v) is 7.07. The lowest BCUT2D eigenvalue weighted by atomic mass is 9.80. The first-order valence-electron chi connectivity index (χ1n) is 9.30. The summed E-state index contributed by atoms with van der Waals surface area (Å²) in [5.74, 6) is 1.24. The Balaban J connectivity index is 1.57. The molecule has 3 N–H and O–H groups in total. The molecule has 4 rings (SSSR count). The van der Waals surface area contributed by atoms with Crippen LogP contribution in [0.3, 0.4) is 0 Å². The van der Waals surface area contributed by atoms with Crippen molar-refractivity contribution in [2.75, 3.05) is 10.2 Å². The number of anilines is 3. The largest absolute Gasteiger partial charge is 0.488 e. The summed E-state index contributed by atoms with van der Waals surface area (Å²) in [4.78, 5) is 6.84. The first-order chi connectivity index (χ1) is 13.5. The van der Waals surface area contributed by atoms with Crippen LogP contribution in [-0.2, 0) is 13.0 Å². The van der Waals surface area contributed by atoms with Crippen molar-refractivity contribution in [1.82, 2.24) is 15.2 Å². The molecule has 0 saturated heterocycles. The molecule has 2 aromatic carbocycles. The molecule has 0 aliphatic carbocycles. The fraction of sp³-hybridized carbons (Fsp3) is 0.250. The third-order valence-electron chi connectivity index (χ3n) is 4.98. The molecule has 8 heteroatoms. The number of nitrogens with zero attached hydrogens (tertiary/aromatic N) is 4. The molecule has 1 aliphatic heterocycles. The Labute approximate surface area is 164 Å². The highest BCUT2D eigenvalue weighted by Gasteiger charge is 2.29. The highest BCUT2D eigenvalue weighted by molar-refractivity contribution is 6.58. The van der Waals surface area contributed by atoms with Crippen LogP contribution in [0.15, 0.2) is 48.5 Å². The van der Waals surface area contributed by atoms with Gasteiger partial charge in [-0.15, -0.1) is 10.2 Å². The van der Waals surface area contributed by atoms with Crippen LogP contribution >= 0.6 is 0 Å². The molecule has 1 aliphatic rings. The van der Waals surface area contributed by atoms with Crippen molar-refractivity contribution in [3.05, 3.63) is 65.4 Å². The molecular formula is C20H22BN5O2. The van der Waals surface area contributed by atoms with Gasteiger partial charge in [0.25, 0.3) is 5.95 Å². The SMILES string of the molecule is Cc1nnc(N2c3ccccc3CC2C)nc1NCc1cccc(B(O)O)c1. The molecule has 0 saturated carbocycles. The number of hydrogen-bond donors (Lipinski definition) is 3. The monoisotopic (exact) mass is 375 g/mol. The Morgan fingerprint density at radius 2 is 1.96 bits per heavy atom. The molecule has 2 heterocycles. The highest BCUT2D eigenvalue weighted by atomic mass is 16.4. The Morgan fingerprint density at radius 1 is 1.14 bits per heavy atom. The summed E-state index contributed by atoms with van der Waals surface area (Å²) < 4.78 is 0. The second-order valence-electron chi connectivity index (χ2n) is 7.07. The Hall–Kier alpha value is -2.97. The van der Waals surface area contributed by atoms with E-state index in [1.807, 2.05) is 25.1 Å². The second kappa shape index (κ2) is 7.57. The van der Waals surface area contributed by atoms with E-state index in [1.165, 1.54) is 5.56 Å². The number of aryl methyl sites for hydroxylation is 1. The van der Waals surface area contributed by atoms with Crippen molar-refractivity contribution in [2.24, 2.45) is 0 Å². The van der Waals surface area contributed by atoms with Gasteiger partial charge in [0.2, 0.25) is 0 Å². The van der Waals surface area contributed by atoms with E-state index in [0.29, 0.717) is 29.5 Å². The van der Waals surface area contributed by atoms with Crippen molar-refractivity contribution >= 4 is 30.0 Å². The molecule has 0 amide bonds. The third kappa shape index (κ3) is 3.56. The zero-order valence-corrected chi connectivity index (χ0v) is 15.9. The van der Waals surface area contributed by atoms with Crippen LogP contribution in [-0.4, -0.2) is 38.4 Å². The lowest BCUT2D eigenvalue weighted by molar-refractivity contribution is 0.425. The van der Waals surface area contributed by atoms with Gasteiger partial charge in [-0.3, -0.25) is 0 Å². The summed E-state index contributed by atoms with van der Waals surface area (Å²) in [6, 6.07) is 15.7. The van der Waals surface area contributed by atoms with E-state index in [9.17, 15) is 10.0 Å². The number of fused-ring (bicyclic) bond motifs is 1. The fourth-order valence-electron chi connectivity index (χ4n) is 3.56. The maximum atomic E-state index is 9.34. The standard InChI is InChI=1S/C20H22BN5O2/c1-13-10-16-7-3-4-9-18(16)26(13)20-23-19(14(2)24-25-20)22-12-15-6-5-8-17(11-15)21(27)28/h3-9,11,13,27-28H,10,12H2,1-2H3,(H,22,23,25). The van der Waals surface area contributed by atoms with Crippen molar-refractivity contribution in [1.29, 1.82) is 0 Å². The van der Waals surface area contributed by atoms with Gasteiger partial charge >= 0.3 is 7.12 Å². The van der Waals surface area contributed by atoms with E-state index >= 15 is 0 Å². The normalized spacial score (nSPS) is 15.4. The van der Waals surface area contributed by atoms with Gasteiger partial charge in [0.05, 0.1) is 0 Å². The molecule has 1 unspecified atom stereocenters. The number of rotatable bonds is 5. The van der Waals surface area contributed by atoms with E-state index < -0.39 is 7.12 Å². The van der Waals surface area contributed by atoms with Crippen LogP contribution < -0.4 is 15.7 Å². The van der Waals surface area contributed by atoms with Crippen LogP contribution in [0.4, 0.5) is 17.5 Å². The van der Waals surface area contributed by atoms with Gasteiger partial charge in [-0.1, -0.05) is 42.5 Å². The van der Waals surface area contributed by atoms with E-state index in [0.717, 1.165) is 17.7 Å². The van der Waals surface area contributed by atoms with Crippen LogP contribution in [0.5, 0.6) is 0 Å². The van der Waals surface area contributed by atoms with Gasteiger partial charge in [0.15, 0.2) is 5.82 Å². The molecule has 142 valence electrons. The summed E-state index contributed by atoms with van der Waals surface area (Å²) in [5.41, 5.74) is 4.50. The molecule has 3 aromatic rings. The van der Waals surface area contributed by atoms with E-state index in [1.54, 1.807) is 18.2 Å². The van der Waals surface area contributed by atoms with Crippen LogP contribution in [0.2, 0.25) is 0 Å². The lowest BCUT2D eigenvalue weighted by Crippen LogP contribution is -2.30. The molecule has 1 aromatic heterocycles. The maximum Gasteiger partial charge on any atom is 0.488 e. The smallest absolute Gasteiger partial charge is 0.423 e. The van der Waals surface area contributed by atoms with Crippen molar-refractivity contribution in [3.63, 3.8) is 0 Å². The quantitative estimate of drug-likeness (QED) is 0.583. The number of hydrogen-bond acceptors (Lipinski definition) is 7. The van der Waals surface area contributed by atoms with Gasteiger partial charge in [0, 0.05) is 18.3 Å². The third-order valence-corrected chi connectivity index (χ3v) is 4.98. The molecule has 0 spiro atoms. The van der Waals surface area contributed by atoms with Crippen LogP contribution in [0.1, 0.15) is 23.7 Å². The predicted molar refractivity (Wildman–Crippen MR) is 110 cm³/mol. The minimum absolute atomic E-state index is 0.262. The van der Waals surface area contributed by atoms with Gasteiger partial charge in [-0.2, -0.15) is 4.98 Å². The molecule has 28 heavy (non-hydrogen) atoms. The van der Waals surface area contributed by atoms with E-state index in [4.69, 9.17) is 4.98 Å². The average molecular weight is 375 g/mol. The van der Waals surface area contributed by atoms with Crippen molar-refractivity contribution in [2.45, 2.75) is 32.9 Å². The molecule has 1 atom stereocenters. The van der Waals surface area contributed by atoms with Crippen LogP contribution in [0, 0.1) is 6.92 Å². The number of nitrogens with one attached hydrogen (secondary N) is 1. The zero-order valence-electron chi connectivity index (χ0n) is 15.9. The first-order valence-corrected chi connectivity index (χ1v) is 9.30. The van der Waals surface area contributed by atoms with E-state index in [2.05, 4.69) is 39.5 Å². The van der Waals surface area contributed by atoms with Gasteiger partial charge in [-0.25, -0.2) is 0 Å². The van der Waals surface area contributed by atoms with Gasteiger partial charge < -0.3 is 20.3 Å². The fourth-order valence-corrected chi connectivity index (χ4v) is 3.56. The lowest BCUT2D eigenvalue weighted by Gasteiger charge is -2.22. The number of para-hydroxylation sites is 1. The predicted octanol–water partition coefficient (Wildman–Crippen LogP) is 1.55. The summed E-state index contributed by atoms with van der Waals surface area (Å²) in [6.07, 6.45) is 0.951. The summed E-state index contributed by atoms with van der Waals surface area (Å²) >= 11 is 0. The van der Waals surface area contributed by atoms with Crippen LogP contribution in [0.25, 0.3) is 0 Å². The molecular weight excluding hydrogens is 353 g/mol. The number of aromatic nitrogens is 3. The first kappa shape index (κ1) is 18.4. The summed E-state index contributed by atoms with van der Waals surface area (Å²) in [6.45, 7) is 4.51. The molecule has 7 nitrogen and oxygen atoms in total. The van der Waals surface area contributed by atoms with Gasteiger partial charge in [-0.05, 0) is 42.9 Å². The summed E-state index contributed by atoms with van der Waals surface area (Å²) in [5, 5.41) is 30.6. The Morgan fingerprint density at radius 3 is 2.79 bits per heavy atom. The zero-order chi connectivity index (χ0) is 19.7. The molecule has 0 radical (unpaired) electrons. The van der Waals surface area contributed by atoms with Gasteiger partial charge in [0.1, 0.15) is 5.69 Å². The van der Waals surface area contributed by atoms with Crippen molar-refractivity contribution < 1.29 is 10.0 Å². The average Bonchev–Trinajstić information content (AvgIpc) is 3.03. The highest BCUT2D eigenvalue weighted by Crippen LogP contribution is 2.36. The molecule has 0 bridgehead atoms. The Bertz CT molecular complexity index is 998. The molecule has 0 fully saturated rings. The number of benzene rings is 2.